The molecule has 3 rings (SSSR count). The second kappa shape index (κ2) is 8.61. The van der Waals surface area contributed by atoms with E-state index < -0.39 is 65.8 Å². The second-order valence-electron chi connectivity index (χ2n) is 10.5. The van der Waals surface area contributed by atoms with Crippen molar-refractivity contribution in [1.29, 1.82) is 0 Å². The highest BCUT2D eigenvalue weighted by Gasteiger charge is 2.68. The van der Waals surface area contributed by atoms with Crippen molar-refractivity contribution < 1.29 is 50.1 Å². The van der Waals surface area contributed by atoms with Crippen LogP contribution < -0.4 is 0 Å². The number of fused-ring (bicyclic) bond motifs is 1. The van der Waals surface area contributed by atoms with Gasteiger partial charge < -0.3 is 14.2 Å². The zero-order chi connectivity index (χ0) is 25.1. The third kappa shape index (κ3) is 4.71. The number of ether oxygens (including phenoxy) is 3. The fraction of sp³-hybridized carbons (Fsp3) is 0.909. The number of alkyl halides is 6. The Balaban J connectivity index is 1.80. The zero-order valence-corrected chi connectivity index (χ0v) is 19.1. The van der Waals surface area contributed by atoms with Crippen molar-refractivity contribution >= 4 is 11.9 Å². The maximum atomic E-state index is 13.2. The molecule has 190 valence electrons. The summed E-state index contributed by atoms with van der Waals surface area (Å²) in [5.74, 6) is -4.83. The van der Waals surface area contributed by atoms with Crippen LogP contribution in [0.1, 0.15) is 47.5 Å². The van der Waals surface area contributed by atoms with E-state index in [2.05, 4.69) is 4.74 Å². The molecule has 33 heavy (non-hydrogen) atoms. The molecule has 2 saturated carbocycles. The highest BCUT2D eigenvalue weighted by molar-refractivity contribution is 5.78. The molecule has 7 atom stereocenters. The summed E-state index contributed by atoms with van der Waals surface area (Å²) >= 11 is 0. The molecule has 7 unspecified atom stereocenters. The number of halogens is 6. The molecule has 3 aliphatic rings. The van der Waals surface area contributed by atoms with E-state index in [0.717, 1.165) is 0 Å². The Kier molecular flexibility index (Phi) is 6.80. The van der Waals surface area contributed by atoms with Crippen molar-refractivity contribution in [3.05, 3.63) is 0 Å². The third-order valence-corrected chi connectivity index (χ3v) is 7.58. The van der Waals surface area contributed by atoms with Gasteiger partial charge in [-0.15, -0.1) is 0 Å². The lowest BCUT2D eigenvalue weighted by molar-refractivity contribution is -0.315. The molecular weight excluding hydrogens is 458 g/mol. The topological polar surface area (TPSA) is 61.8 Å². The van der Waals surface area contributed by atoms with Gasteiger partial charge in [0.05, 0.1) is 24.0 Å². The van der Waals surface area contributed by atoms with E-state index in [1.807, 2.05) is 27.7 Å². The Labute approximate surface area is 188 Å². The van der Waals surface area contributed by atoms with Gasteiger partial charge in [-0.3, -0.25) is 9.59 Å². The summed E-state index contributed by atoms with van der Waals surface area (Å²) in [7, 11) is 0. The monoisotopic (exact) mass is 488 g/mol. The minimum atomic E-state index is -5.79. The standard InChI is InChI=1S/C22H30F6O5/c1-9(2)7-20(5,10(3)4)19(30)32-16-12-6-11-13(8-31-15(11)16)14(12)17(29)33-18(21(23,24)25)22(26,27)28/h9-16,18H,6-8H2,1-5H3. The van der Waals surface area contributed by atoms with Crippen LogP contribution in [0.4, 0.5) is 26.3 Å². The summed E-state index contributed by atoms with van der Waals surface area (Å²) in [5.41, 5.74) is -0.846. The Hall–Kier alpha value is -1.52. The van der Waals surface area contributed by atoms with E-state index in [0.29, 0.717) is 12.8 Å². The van der Waals surface area contributed by atoms with Crippen LogP contribution in [-0.2, 0) is 23.8 Å². The molecule has 3 fully saturated rings. The van der Waals surface area contributed by atoms with E-state index >= 15 is 0 Å². The number of esters is 2. The molecule has 1 heterocycles. The van der Waals surface area contributed by atoms with Gasteiger partial charge in [0.2, 0.25) is 0 Å². The average Bonchev–Trinajstić information content (AvgIpc) is 3.26. The molecule has 1 saturated heterocycles. The Morgan fingerprint density at radius 2 is 1.55 bits per heavy atom. The van der Waals surface area contributed by atoms with Crippen molar-refractivity contribution in [2.75, 3.05) is 6.61 Å². The summed E-state index contributed by atoms with van der Waals surface area (Å²) in [6.07, 6.45) is -16.4. The van der Waals surface area contributed by atoms with Gasteiger partial charge in [-0.2, -0.15) is 26.3 Å². The predicted octanol–water partition coefficient (Wildman–Crippen LogP) is 4.92. The molecule has 1 aliphatic heterocycles. The Morgan fingerprint density at radius 3 is 2.03 bits per heavy atom. The first-order valence-corrected chi connectivity index (χ1v) is 11.1. The maximum Gasteiger partial charge on any atom is 0.434 e. The van der Waals surface area contributed by atoms with Crippen molar-refractivity contribution in [3.8, 4) is 0 Å². The molecule has 11 heteroatoms. The molecule has 0 aromatic carbocycles. The van der Waals surface area contributed by atoms with Crippen LogP contribution in [0.5, 0.6) is 0 Å². The second-order valence-corrected chi connectivity index (χ2v) is 10.5. The van der Waals surface area contributed by atoms with E-state index in [1.54, 1.807) is 6.92 Å². The van der Waals surface area contributed by atoms with Crippen LogP contribution in [-0.4, -0.2) is 49.2 Å². The molecule has 0 aromatic heterocycles. The first kappa shape index (κ1) is 26.1. The smallest absolute Gasteiger partial charge is 0.434 e. The first-order valence-electron chi connectivity index (χ1n) is 11.1. The van der Waals surface area contributed by atoms with Gasteiger partial charge in [-0.05, 0) is 37.5 Å². The minimum Gasteiger partial charge on any atom is -0.459 e. The normalized spacial score (nSPS) is 33.2. The van der Waals surface area contributed by atoms with Crippen LogP contribution >= 0.6 is 0 Å². The summed E-state index contributed by atoms with van der Waals surface area (Å²) in [5, 5.41) is 0. The van der Waals surface area contributed by atoms with Crippen LogP contribution in [0.3, 0.4) is 0 Å². The molecule has 2 aliphatic carbocycles. The third-order valence-electron chi connectivity index (χ3n) is 7.58. The lowest BCUT2D eigenvalue weighted by atomic mass is 9.73. The molecular formula is C22H30F6O5. The summed E-state index contributed by atoms with van der Waals surface area (Å²) < 4.78 is 92.9. The molecule has 2 bridgehead atoms. The fourth-order valence-corrected chi connectivity index (χ4v) is 5.77. The van der Waals surface area contributed by atoms with Crippen LogP contribution in [0.15, 0.2) is 0 Å². The lowest BCUT2D eigenvalue weighted by Crippen LogP contribution is -2.50. The summed E-state index contributed by atoms with van der Waals surface area (Å²) in [6.45, 7) is 9.44. The molecule has 5 nitrogen and oxygen atoms in total. The van der Waals surface area contributed by atoms with Crippen molar-refractivity contribution in [2.24, 2.45) is 40.9 Å². The van der Waals surface area contributed by atoms with Gasteiger partial charge in [0, 0.05) is 11.8 Å². The number of carbonyl (C=O) groups is 2. The quantitative estimate of drug-likeness (QED) is 0.376. The van der Waals surface area contributed by atoms with Gasteiger partial charge in [0.1, 0.15) is 6.10 Å². The molecule has 0 aromatic rings. The van der Waals surface area contributed by atoms with Gasteiger partial charge in [-0.25, -0.2) is 0 Å². The predicted molar refractivity (Wildman–Crippen MR) is 103 cm³/mol. The number of rotatable bonds is 7. The first-order chi connectivity index (χ1) is 15.0. The van der Waals surface area contributed by atoms with E-state index in [1.165, 1.54) is 0 Å². The summed E-state index contributed by atoms with van der Waals surface area (Å²) in [4.78, 5) is 25.8. The SMILES string of the molecule is CC(C)CC(C)(C(=O)OC1C2CC3C(COC31)C2C(=O)OC(C(F)(F)F)C(F)(F)F)C(C)C. The average molecular weight is 488 g/mol. The van der Waals surface area contributed by atoms with Crippen LogP contribution in [0.2, 0.25) is 0 Å². The largest absolute Gasteiger partial charge is 0.459 e. The number of carbonyl (C=O) groups excluding carboxylic acids is 2. The maximum absolute atomic E-state index is 13.2. The van der Waals surface area contributed by atoms with Gasteiger partial charge in [-0.1, -0.05) is 27.7 Å². The highest BCUT2D eigenvalue weighted by atomic mass is 19.4. The molecule has 0 radical (unpaired) electrons. The number of hydrogen-bond acceptors (Lipinski definition) is 5. The van der Waals surface area contributed by atoms with Crippen molar-refractivity contribution in [3.63, 3.8) is 0 Å². The minimum absolute atomic E-state index is 0.00417. The molecule has 0 N–H and O–H groups in total. The van der Waals surface area contributed by atoms with Crippen LogP contribution in [0.25, 0.3) is 0 Å². The van der Waals surface area contributed by atoms with E-state index in [4.69, 9.17) is 9.47 Å². The lowest BCUT2D eigenvalue weighted by Gasteiger charge is -2.37. The van der Waals surface area contributed by atoms with Gasteiger partial charge in [0.25, 0.3) is 6.10 Å². The van der Waals surface area contributed by atoms with Gasteiger partial charge in [0.15, 0.2) is 0 Å². The Bertz CT molecular complexity index is 749. The fourth-order valence-electron chi connectivity index (χ4n) is 5.77. The van der Waals surface area contributed by atoms with E-state index in [-0.39, 0.29) is 24.4 Å². The molecule has 0 spiro atoms. The Morgan fingerprint density at radius 1 is 0.970 bits per heavy atom. The van der Waals surface area contributed by atoms with Crippen molar-refractivity contribution in [1.82, 2.24) is 0 Å². The van der Waals surface area contributed by atoms with Crippen molar-refractivity contribution in [2.45, 2.75) is 78.1 Å². The van der Waals surface area contributed by atoms with Crippen LogP contribution in [0, 0.1) is 40.9 Å². The highest BCUT2D eigenvalue weighted by Crippen LogP contribution is 2.59. The van der Waals surface area contributed by atoms with E-state index in [9.17, 15) is 35.9 Å². The van der Waals surface area contributed by atoms with Gasteiger partial charge >= 0.3 is 24.3 Å². The number of hydrogen-bond donors (Lipinski definition) is 0. The molecule has 0 amide bonds. The zero-order valence-electron chi connectivity index (χ0n) is 19.1. The summed E-state index contributed by atoms with van der Waals surface area (Å²) in [6, 6.07) is 0.